The van der Waals surface area contributed by atoms with Gasteiger partial charge in [-0.25, -0.2) is 0 Å². The summed E-state index contributed by atoms with van der Waals surface area (Å²) in [6.45, 7) is 0. The normalized spacial score (nSPS) is 36.9. The van der Waals surface area contributed by atoms with E-state index in [1.807, 2.05) is 17.8 Å². The molecule has 1 saturated heterocycles. The second-order valence-corrected chi connectivity index (χ2v) is 4.95. The van der Waals surface area contributed by atoms with Gasteiger partial charge in [0.25, 0.3) is 0 Å². The predicted molar refractivity (Wildman–Crippen MR) is 47.8 cm³/mol. The van der Waals surface area contributed by atoms with Gasteiger partial charge in [-0.05, 0) is 31.1 Å². The van der Waals surface area contributed by atoms with E-state index in [1.54, 1.807) is 6.08 Å². The summed E-state index contributed by atoms with van der Waals surface area (Å²) < 4.78 is 0.325. The van der Waals surface area contributed by atoms with Crippen LogP contribution in [0.25, 0.3) is 0 Å². The lowest BCUT2D eigenvalue weighted by atomic mass is 9.89. The van der Waals surface area contributed by atoms with E-state index in [9.17, 15) is 4.79 Å². The van der Waals surface area contributed by atoms with Crippen molar-refractivity contribution in [1.82, 2.24) is 0 Å². The highest BCUT2D eigenvalue weighted by atomic mass is 32.2. The molecule has 1 fully saturated rings. The Morgan fingerprint density at radius 1 is 1.55 bits per heavy atom. The Hall–Kier alpha value is -0.240. The summed E-state index contributed by atoms with van der Waals surface area (Å²) in [5.74, 6) is 1.58. The number of carbonyl (C=O) groups is 1. The van der Waals surface area contributed by atoms with Crippen LogP contribution in [0.5, 0.6) is 0 Å². The van der Waals surface area contributed by atoms with Crippen molar-refractivity contribution >= 4 is 17.5 Å². The zero-order chi connectivity index (χ0) is 7.73. The van der Waals surface area contributed by atoms with Crippen molar-refractivity contribution in [3.05, 3.63) is 12.2 Å². The summed E-state index contributed by atoms with van der Waals surface area (Å²) >= 11 is 2.00. The molecular formula is C9H12OS. The van der Waals surface area contributed by atoms with Crippen molar-refractivity contribution in [1.29, 1.82) is 0 Å². The third-order valence-electron chi connectivity index (χ3n) is 2.47. The SMILES string of the molecule is O=C1C=CCC2(CCCS2)C1. The van der Waals surface area contributed by atoms with E-state index in [-0.39, 0.29) is 0 Å². The topological polar surface area (TPSA) is 17.1 Å². The first kappa shape index (κ1) is 7.41. The van der Waals surface area contributed by atoms with Gasteiger partial charge in [-0.15, -0.1) is 0 Å². The quantitative estimate of drug-likeness (QED) is 0.551. The highest BCUT2D eigenvalue weighted by Gasteiger charge is 2.36. The fraction of sp³-hybridized carbons (Fsp3) is 0.667. The van der Waals surface area contributed by atoms with Gasteiger partial charge in [-0.3, -0.25) is 4.79 Å². The summed E-state index contributed by atoms with van der Waals surface area (Å²) in [7, 11) is 0. The number of allylic oxidation sites excluding steroid dienone is 2. The Labute approximate surface area is 71.2 Å². The zero-order valence-electron chi connectivity index (χ0n) is 6.51. The Morgan fingerprint density at radius 3 is 3.09 bits per heavy atom. The Kier molecular flexibility index (Phi) is 1.80. The summed E-state index contributed by atoms with van der Waals surface area (Å²) in [6, 6.07) is 0. The smallest absolute Gasteiger partial charge is 0.156 e. The molecular weight excluding hydrogens is 156 g/mol. The minimum Gasteiger partial charge on any atom is -0.295 e. The van der Waals surface area contributed by atoms with Crippen molar-refractivity contribution in [3.63, 3.8) is 0 Å². The van der Waals surface area contributed by atoms with Crippen LogP contribution in [0.15, 0.2) is 12.2 Å². The first-order chi connectivity index (χ1) is 5.31. The van der Waals surface area contributed by atoms with Gasteiger partial charge in [0, 0.05) is 11.2 Å². The fourth-order valence-corrected chi connectivity index (χ4v) is 3.38. The molecule has 1 nitrogen and oxygen atoms in total. The molecule has 0 amide bonds. The van der Waals surface area contributed by atoms with Gasteiger partial charge in [0.05, 0.1) is 0 Å². The summed E-state index contributed by atoms with van der Waals surface area (Å²) in [6.07, 6.45) is 8.23. The number of hydrogen-bond acceptors (Lipinski definition) is 2. The highest BCUT2D eigenvalue weighted by Crippen LogP contribution is 2.45. The Bertz CT molecular complexity index is 202. The van der Waals surface area contributed by atoms with Gasteiger partial charge in [-0.2, -0.15) is 11.8 Å². The van der Waals surface area contributed by atoms with Crippen LogP contribution in [-0.4, -0.2) is 16.3 Å². The molecule has 1 atom stereocenters. The van der Waals surface area contributed by atoms with E-state index in [0.29, 0.717) is 10.5 Å². The molecule has 60 valence electrons. The van der Waals surface area contributed by atoms with Crippen molar-refractivity contribution < 1.29 is 4.79 Å². The molecule has 1 heterocycles. The van der Waals surface area contributed by atoms with Gasteiger partial charge < -0.3 is 0 Å². The van der Waals surface area contributed by atoms with Crippen LogP contribution >= 0.6 is 11.8 Å². The molecule has 11 heavy (non-hydrogen) atoms. The fourth-order valence-electron chi connectivity index (χ4n) is 1.91. The molecule has 2 heteroatoms. The standard InChI is InChI=1S/C9H12OS/c10-8-3-1-4-9(7-8)5-2-6-11-9/h1,3H,2,4-7H2. The van der Waals surface area contributed by atoms with E-state index in [4.69, 9.17) is 0 Å². The van der Waals surface area contributed by atoms with Crippen LogP contribution in [0.1, 0.15) is 25.7 Å². The lowest BCUT2D eigenvalue weighted by molar-refractivity contribution is -0.115. The molecule has 0 aromatic rings. The third kappa shape index (κ3) is 1.36. The van der Waals surface area contributed by atoms with Crippen LogP contribution in [0.2, 0.25) is 0 Å². The first-order valence-corrected chi connectivity index (χ1v) is 5.13. The number of hydrogen-bond donors (Lipinski definition) is 0. The van der Waals surface area contributed by atoms with Crippen LogP contribution in [0.3, 0.4) is 0 Å². The molecule has 0 aromatic heterocycles. The molecule has 1 spiro atoms. The number of rotatable bonds is 0. The van der Waals surface area contributed by atoms with Gasteiger partial charge >= 0.3 is 0 Å². The summed E-state index contributed by atoms with van der Waals surface area (Å²) in [4.78, 5) is 11.1. The maximum Gasteiger partial charge on any atom is 0.156 e. The molecule has 0 aromatic carbocycles. The van der Waals surface area contributed by atoms with Gasteiger partial charge in [0.1, 0.15) is 0 Å². The minimum absolute atomic E-state index is 0.325. The maximum absolute atomic E-state index is 11.1. The van der Waals surface area contributed by atoms with Crippen LogP contribution in [0.4, 0.5) is 0 Å². The lowest BCUT2D eigenvalue weighted by Crippen LogP contribution is -2.26. The van der Waals surface area contributed by atoms with E-state index in [1.165, 1.54) is 18.6 Å². The predicted octanol–water partition coefficient (Wildman–Crippen LogP) is 2.17. The second kappa shape index (κ2) is 2.67. The van der Waals surface area contributed by atoms with E-state index in [0.717, 1.165) is 12.8 Å². The van der Waals surface area contributed by atoms with Crippen LogP contribution in [-0.2, 0) is 4.79 Å². The van der Waals surface area contributed by atoms with Crippen LogP contribution < -0.4 is 0 Å². The van der Waals surface area contributed by atoms with Crippen molar-refractivity contribution in [3.8, 4) is 0 Å². The average molecular weight is 168 g/mol. The molecule has 1 aliphatic heterocycles. The molecule has 1 aliphatic carbocycles. The Morgan fingerprint density at radius 2 is 2.45 bits per heavy atom. The lowest BCUT2D eigenvalue weighted by Gasteiger charge is -2.27. The van der Waals surface area contributed by atoms with E-state index >= 15 is 0 Å². The molecule has 0 N–H and O–H groups in total. The molecule has 2 rings (SSSR count). The minimum atomic E-state index is 0.325. The van der Waals surface area contributed by atoms with Crippen molar-refractivity contribution in [2.45, 2.75) is 30.4 Å². The second-order valence-electron chi connectivity index (χ2n) is 3.38. The number of ketones is 1. The van der Waals surface area contributed by atoms with Gasteiger partial charge in [0.15, 0.2) is 5.78 Å². The van der Waals surface area contributed by atoms with E-state index < -0.39 is 0 Å². The van der Waals surface area contributed by atoms with Gasteiger partial charge in [-0.1, -0.05) is 6.08 Å². The number of thioether (sulfide) groups is 1. The molecule has 0 bridgehead atoms. The first-order valence-electron chi connectivity index (χ1n) is 4.14. The molecule has 0 radical (unpaired) electrons. The molecule has 1 unspecified atom stereocenters. The average Bonchev–Trinajstić information content (AvgIpc) is 2.37. The Balaban J connectivity index is 2.15. The van der Waals surface area contributed by atoms with Crippen molar-refractivity contribution in [2.24, 2.45) is 0 Å². The van der Waals surface area contributed by atoms with E-state index in [2.05, 4.69) is 0 Å². The van der Waals surface area contributed by atoms with Crippen molar-refractivity contribution in [2.75, 3.05) is 5.75 Å². The maximum atomic E-state index is 11.1. The highest BCUT2D eigenvalue weighted by molar-refractivity contribution is 8.00. The zero-order valence-corrected chi connectivity index (χ0v) is 7.32. The van der Waals surface area contributed by atoms with Gasteiger partial charge in [0.2, 0.25) is 0 Å². The molecule has 0 saturated carbocycles. The monoisotopic (exact) mass is 168 g/mol. The van der Waals surface area contributed by atoms with Crippen LogP contribution in [0, 0.1) is 0 Å². The largest absolute Gasteiger partial charge is 0.295 e. The molecule has 2 aliphatic rings. The summed E-state index contributed by atoms with van der Waals surface area (Å²) in [5.41, 5.74) is 0. The third-order valence-corrected chi connectivity index (χ3v) is 4.10. The number of carbonyl (C=O) groups excluding carboxylic acids is 1. The summed E-state index contributed by atoms with van der Waals surface area (Å²) in [5, 5.41) is 0.